The van der Waals surface area contributed by atoms with Gasteiger partial charge >= 0.3 is 0 Å². The molecule has 1 atom stereocenters. The van der Waals surface area contributed by atoms with E-state index in [0.29, 0.717) is 0 Å². The zero-order valence-corrected chi connectivity index (χ0v) is 12.6. The first kappa shape index (κ1) is 14.7. The molecule has 2 aromatic rings. The van der Waals surface area contributed by atoms with Gasteiger partial charge in [0.1, 0.15) is 0 Å². The number of nitrogens with one attached hydrogen (secondary N) is 1. The van der Waals surface area contributed by atoms with Crippen molar-refractivity contribution in [2.75, 3.05) is 5.32 Å². The fourth-order valence-electron chi connectivity index (χ4n) is 1.75. The van der Waals surface area contributed by atoms with E-state index >= 15 is 0 Å². The minimum absolute atomic E-state index is 0.0507. The van der Waals surface area contributed by atoms with Gasteiger partial charge in [-0.1, -0.05) is 48.0 Å². The monoisotopic (exact) mass is 285 g/mol. The highest BCUT2D eigenvalue weighted by Gasteiger charge is 2.13. The molecule has 0 saturated heterocycles. The number of hydrogen-bond donors (Lipinski definition) is 1. The Balaban J connectivity index is 1.84. The van der Waals surface area contributed by atoms with Crippen LogP contribution in [0.25, 0.3) is 0 Å². The Kier molecular flexibility index (Phi) is 5.24. The normalized spacial score (nSPS) is 11.9. The first-order valence-electron chi connectivity index (χ1n) is 6.68. The second kappa shape index (κ2) is 7.15. The summed E-state index contributed by atoms with van der Waals surface area (Å²) in [6, 6.07) is 18.1. The third kappa shape index (κ3) is 4.42. The van der Waals surface area contributed by atoms with Crippen LogP contribution in [0.2, 0.25) is 0 Å². The lowest BCUT2D eigenvalue weighted by Crippen LogP contribution is -2.22. The van der Waals surface area contributed by atoms with Gasteiger partial charge in [0.05, 0.1) is 5.25 Å². The molecule has 0 aliphatic heterocycles. The van der Waals surface area contributed by atoms with Crippen LogP contribution < -0.4 is 5.32 Å². The van der Waals surface area contributed by atoms with Crippen LogP contribution in [0.3, 0.4) is 0 Å². The molecule has 0 unspecified atom stereocenters. The molecule has 0 aliphatic carbocycles. The Bertz CT molecular complexity index is 551. The predicted octanol–water partition coefficient (Wildman–Crippen LogP) is 4.26. The Morgan fingerprint density at radius 3 is 2.40 bits per heavy atom. The molecule has 0 heterocycles. The maximum absolute atomic E-state index is 12.1. The van der Waals surface area contributed by atoms with Crippen molar-refractivity contribution >= 4 is 23.4 Å². The first-order chi connectivity index (χ1) is 9.65. The Morgan fingerprint density at radius 1 is 1.10 bits per heavy atom. The zero-order valence-electron chi connectivity index (χ0n) is 11.8. The van der Waals surface area contributed by atoms with Gasteiger partial charge in [-0.15, -0.1) is 11.8 Å². The van der Waals surface area contributed by atoms with Gasteiger partial charge in [-0.2, -0.15) is 0 Å². The van der Waals surface area contributed by atoms with E-state index in [1.807, 2.05) is 56.3 Å². The van der Waals surface area contributed by atoms with Gasteiger partial charge in [-0.3, -0.25) is 4.79 Å². The Morgan fingerprint density at radius 2 is 1.75 bits per heavy atom. The quantitative estimate of drug-likeness (QED) is 0.889. The first-order valence-corrected chi connectivity index (χ1v) is 7.73. The standard InChI is InChI=1S/C17H19NOS/c1-13-8-10-16(11-9-13)18-17(19)14(2)20-12-15-6-4-3-5-7-15/h3-11,14H,12H2,1-2H3,(H,18,19)/t14-/m0/s1. The van der Waals surface area contributed by atoms with Crippen molar-refractivity contribution in [3.63, 3.8) is 0 Å². The van der Waals surface area contributed by atoms with E-state index in [4.69, 9.17) is 0 Å². The number of benzene rings is 2. The largest absolute Gasteiger partial charge is 0.325 e. The van der Waals surface area contributed by atoms with Gasteiger partial charge in [0.2, 0.25) is 5.91 Å². The minimum Gasteiger partial charge on any atom is -0.325 e. The van der Waals surface area contributed by atoms with Gasteiger partial charge in [-0.25, -0.2) is 0 Å². The Hall–Kier alpha value is -1.74. The Labute approximate surface area is 124 Å². The summed E-state index contributed by atoms with van der Waals surface area (Å²) in [5, 5.41) is 2.87. The summed E-state index contributed by atoms with van der Waals surface area (Å²) in [5.74, 6) is 0.901. The summed E-state index contributed by atoms with van der Waals surface area (Å²) < 4.78 is 0. The zero-order chi connectivity index (χ0) is 14.4. The number of anilines is 1. The highest BCUT2D eigenvalue weighted by Crippen LogP contribution is 2.19. The summed E-state index contributed by atoms with van der Waals surface area (Å²) >= 11 is 1.65. The lowest BCUT2D eigenvalue weighted by atomic mass is 10.2. The van der Waals surface area contributed by atoms with E-state index in [0.717, 1.165) is 11.4 Å². The molecule has 104 valence electrons. The van der Waals surface area contributed by atoms with E-state index in [-0.39, 0.29) is 11.2 Å². The summed E-state index contributed by atoms with van der Waals surface area (Å²) in [6.07, 6.45) is 0. The lowest BCUT2D eigenvalue weighted by molar-refractivity contribution is -0.115. The number of thioether (sulfide) groups is 1. The maximum atomic E-state index is 12.1. The molecule has 0 spiro atoms. The third-order valence-electron chi connectivity index (χ3n) is 3.03. The fraction of sp³-hybridized carbons (Fsp3) is 0.235. The van der Waals surface area contributed by atoms with Crippen LogP contribution in [0.5, 0.6) is 0 Å². The summed E-state index contributed by atoms with van der Waals surface area (Å²) in [7, 11) is 0. The highest BCUT2D eigenvalue weighted by molar-refractivity contribution is 7.99. The minimum atomic E-state index is -0.0727. The number of rotatable bonds is 5. The summed E-state index contributed by atoms with van der Waals surface area (Å²) in [6.45, 7) is 3.97. The lowest BCUT2D eigenvalue weighted by Gasteiger charge is -2.12. The summed E-state index contributed by atoms with van der Waals surface area (Å²) in [4.78, 5) is 12.1. The van der Waals surface area contributed by atoms with Gasteiger partial charge in [-0.05, 0) is 31.5 Å². The number of amides is 1. The molecule has 20 heavy (non-hydrogen) atoms. The van der Waals surface area contributed by atoms with Crippen LogP contribution in [0.15, 0.2) is 54.6 Å². The van der Waals surface area contributed by atoms with Crippen LogP contribution in [0.1, 0.15) is 18.1 Å². The predicted molar refractivity (Wildman–Crippen MR) is 87.0 cm³/mol. The highest BCUT2D eigenvalue weighted by atomic mass is 32.2. The second-order valence-electron chi connectivity index (χ2n) is 4.79. The fourth-order valence-corrected chi connectivity index (χ4v) is 2.60. The molecule has 0 radical (unpaired) electrons. The van der Waals surface area contributed by atoms with Crippen LogP contribution >= 0.6 is 11.8 Å². The van der Waals surface area contributed by atoms with E-state index < -0.39 is 0 Å². The second-order valence-corrected chi connectivity index (χ2v) is 6.12. The van der Waals surface area contributed by atoms with Crippen molar-refractivity contribution in [3.8, 4) is 0 Å². The number of carbonyl (C=O) groups is 1. The van der Waals surface area contributed by atoms with E-state index in [1.54, 1.807) is 11.8 Å². The van der Waals surface area contributed by atoms with Crippen LogP contribution in [-0.2, 0) is 10.5 Å². The number of carbonyl (C=O) groups excluding carboxylic acids is 1. The topological polar surface area (TPSA) is 29.1 Å². The average molecular weight is 285 g/mol. The number of hydrogen-bond acceptors (Lipinski definition) is 2. The van der Waals surface area contributed by atoms with E-state index in [1.165, 1.54) is 11.1 Å². The van der Waals surface area contributed by atoms with Crippen molar-refractivity contribution < 1.29 is 4.79 Å². The maximum Gasteiger partial charge on any atom is 0.237 e. The van der Waals surface area contributed by atoms with E-state index in [2.05, 4.69) is 17.4 Å². The molecule has 2 aromatic carbocycles. The molecular formula is C17H19NOS. The average Bonchev–Trinajstić information content (AvgIpc) is 2.48. The van der Waals surface area contributed by atoms with Gasteiger partial charge in [0.25, 0.3) is 0 Å². The third-order valence-corrected chi connectivity index (χ3v) is 4.25. The van der Waals surface area contributed by atoms with Crippen molar-refractivity contribution in [1.82, 2.24) is 0 Å². The molecule has 0 aromatic heterocycles. The van der Waals surface area contributed by atoms with Crippen LogP contribution in [0.4, 0.5) is 5.69 Å². The SMILES string of the molecule is Cc1ccc(NC(=O)[C@H](C)SCc2ccccc2)cc1. The van der Waals surface area contributed by atoms with Crippen LogP contribution in [-0.4, -0.2) is 11.2 Å². The van der Waals surface area contributed by atoms with Crippen molar-refractivity contribution in [2.45, 2.75) is 24.9 Å². The molecule has 1 amide bonds. The van der Waals surface area contributed by atoms with Gasteiger partial charge in [0, 0.05) is 11.4 Å². The summed E-state index contributed by atoms with van der Waals surface area (Å²) in [5.41, 5.74) is 3.29. The molecule has 3 heteroatoms. The molecule has 0 saturated carbocycles. The molecule has 0 bridgehead atoms. The van der Waals surface area contributed by atoms with Crippen LogP contribution in [0, 0.1) is 6.92 Å². The van der Waals surface area contributed by atoms with Gasteiger partial charge < -0.3 is 5.32 Å². The van der Waals surface area contributed by atoms with Crippen molar-refractivity contribution in [2.24, 2.45) is 0 Å². The number of aryl methyl sites for hydroxylation is 1. The van der Waals surface area contributed by atoms with Gasteiger partial charge in [0.15, 0.2) is 0 Å². The molecule has 2 rings (SSSR count). The van der Waals surface area contributed by atoms with Crippen molar-refractivity contribution in [3.05, 3.63) is 65.7 Å². The van der Waals surface area contributed by atoms with E-state index in [9.17, 15) is 4.79 Å². The molecule has 0 fully saturated rings. The molecule has 2 nitrogen and oxygen atoms in total. The molecule has 1 N–H and O–H groups in total. The van der Waals surface area contributed by atoms with Crippen molar-refractivity contribution in [1.29, 1.82) is 0 Å². The molecular weight excluding hydrogens is 266 g/mol. The smallest absolute Gasteiger partial charge is 0.237 e. The molecule has 0 aliphatic rings.